The third-order valence-corrected chi connectivity index (χ3v) is 3.46. The van der Waals surface area contributed by atoms with Crippen molar-refractivity contribution in [2.45, 2.75) is 20.8 Å². The second kappa shape index (κ2) is 5.78. The van der Waals surface area contributed by atoms with Gasteiger partial charge in [-0.1, -0.05) is 24.3 Å². The van der Waals surface area contributed by atoms with Crippen LogP contribution in [0.15, 0.2) is 42.5 Å². The van der Waals surface area contributed by atoms with Crippen LogP contribution in [0.25, 0.3) is 0 Å². The minimum atomic E-state index is 0.104. The molecule has 0 amide bonds. The molecule has 0 aliphatic rings. The fraction of sp³-hybridized carbons (Fsp3) is 0.235. The van der Waals surface area contributed by atoms with Crippen molar-refractivity contribution in [1.29, 1.82) is 5.41 Å². The molecule has 0 radical (unpaired) electrons. The van der Waals surface area contributed by atoms with Crippen LogP contribution in [0.2, 0.25) is 0 Å². The normalized spacial score (nSPS) is 10.3. The molecule has 0 aromatic heterocycles. The number of rotatable bonds is 4. The standard InChI is InChI=1S/C17H21N3/c1-4-20(15-8-6-5-7-13(15)3)16-11-12(2)9-10-14(16)17(18)19/h5-11H,4H2,1-3H3,(H3,18,19). The summed E-state index contributed by atoms with van der Waals surface area (Å²) >= 11 is 0. The minimum absolute atomic E-state index is 0.104. The third kappa shape index (κ3) is 2.67. The molecule has 104 valence electrons. The maximum atomic E-state index is 7.78. The van der Waals surface area contributed by atoms with Gasteiger partial charge in [0.25, 0.3) is 0 Å². The van der Waals surface area contributed by atoms with Gasteiger partial charge in [0.2, 0.25) is 0 Å². The first-order valence-electron chi connectivity index (χ1n) is 6.82. The van der Waals surface area contributed by atoms with Crippen molar-refractivity contribution in [3.63, 3.8) is 0 Å². The first kappa shape index (κ1) is 14.1. The summed E-state index contributed by atoms with van der Waals surface area (Å²) in [5.41, 5.74) is 11.0. The summed E-state index contributed by atoms with van der Waals surface area (Å²) in [4.78, 5) is 2.21. The molecule has 0 unspecified atom stereocenters. The van der Waals surface area contributed by atoms with Crippen molar-refractivity contribution in [3.8, 4) is 0 Å². The summed E-state index contributed by atoms with van der Waals surface area (Å²) in [6.45, 7) is 7.09. The quantitative estimate of drug-likeness (QED) is 0.655. The highest BCUT2D eigenvalue weighted by atomic mass is 15.1. The molecule has 3 heteroatoms. The van der Waals surface area contributed by atoms with Crippen molar-refractivity contribution in [2.24, 2.45) is 5.73 Å². The van der Waals surface area contributed by atoms with E-state index in [1.54, 1.807) is 0 Å². The molecule has 20 heavy (non-hydrogen) atoms. The number of nitrogens with zero attached hydrogens (tertiary/aromatic N) is 1. The molecule has 0 aliphatic heterocycles. The van der Waals surface area contributed by atoms with E-state index in [0.717, 1.165) is 29.0 Å². The molecule has 0 aliphatic carbocycles. The fourth-order valence-electron chi connectivity index (χ4n) is 2.43. The van der Waals surface area contributed by atoms with E-state index in [1.807, 2.05) is 24.3 Å². The highest BCUT2D eigenvalue weighted by molar-refractivity contribution is 6.01. The first-order chi connectivity index (χ1) is 9.54. The number of nitrogens with one attached hydrogen (secondary N) is 1. The molecular formula is C17H21N3. The van der Waals surface area contributed by atoms with Gasteiger partial charge in [-0.15, -0.1) is 0 Å². The van der Waals surface area contributed by atoms with E-state index in [9.17, 15) is 0 Å². The monoisotopic (exact) mass is 267 g/mol. The summed E-state index contributed by atoms with van der Waals surface area (Å²) in [5.74, 6) is 0.104. The number of anilines is 2. The highest BCUT2D eigenvalue weighted by Gasteiger charge is 2.15. The van der Waals surface area contributed by atoms with Crippen molar-refractivity contribution in [2.75, 3.05) is 11.4 Å². The van der Waals surface area contributed by atoms with Gasteiger partial charge in [0.05, 0.1) is 5.69 Å². The van der Waals surface area contributed by atoms with Crippen LogP contribution in [0.5, 0.6) is 0 Å². The van der Waals surface area contributed by atoms with Gasteiger partial charge >= 0.3 is 0 Å². The fourth-order valence-corrected chi connectivity index (χ4v) is 2.43. The number of aryl methyl sites for hydroxylation is 2. The van der Waals surface area contributed by atoms with Gasteiger partial charge in [-0.25, -0.2) is 0 Å². The van der Waals surface area contributed by atoms with Crippen LogP contribution in [0.4, 0.5) is 11.4 Å². The predicted molar refractivity (Wildman–Crippen MR) is 86.1 cm³/mol. The maximum absolute atomic E-state index is 7.78. The summed E-state index contributed by atoms with van der Waals surface area (Å²) in [6.07, 6.45) is 0. The Hall–Kier alpha value is -2.29. The van der Waals surface area contributed by atoms with Gasteiger partial charge in [-0.3, -0.25) is 5.41 Å². The Kier molecular flexibility index (Phi) is 4.08. The Balaban J connectivity index is 2.60. The molecule has 2 rings (SSSR count). The van der Waals surface area contributed by atoms with E-state index in [0.29, 0.717) is 0 Å². The van der Waals surface area contributed by atoms with E-state index in [-0.39, 0.29) is 5.84 Å². The van der Waals surface area contributed by atoms with Crippen LogP contribution >= 0.6 is 0 Å². The average Bonchev–Trinajstić information content (AvgIpc) is 2.41. The second-order valence-corrected chi connectivity index (χ2v) is 4.97. The lowest BCUT2D eigenvalue weighted by Crippen LogP contribution is -2.22. The van der Waals surface area contributed by atoms with Gasteiger partial charge in [0, 0.05) is 17.8 Å². The zero-order valence-corrected chi connectivity index (χ0v) is 12.3. The Morgan fingerprint density at radius 3 is 2.40 bits per heavy atom. The Labute approximate surface area is 120 Å². The van der Waals surface area contributed by atoms with Crippen LogP contribution in [0.3, 0.4) is 0 Å². The number of amidine groups is 1. The summed E-state index contributed by atoms with van der Waals surface area (Å²) < 4.78 is 0. The number of para-hydroxylation sites is 1. The summed E-state index contributed by atoms with van der Waals surface area (Å²) in [6, 6.07) is 14.3. The molecule has 0 fully saturated rings. The van der Waals surface area contributed by atoms with E-state index < -0.39 is 0 Å². The number of benzene rings is 2. The van der Waals surface area contributed by atoms with E-state index >= 15 is 0 Å². The number of nitrogen functional groups attached to an aromatic ring is 1. The SMILES string of the molecule is CCN(c1ccccc1C)c1cc(C)ccc1C(=N)N. The van der Waals surface area contributed by atoms with Crippen molar-refractivity contribution in [3.05, 3.63) is 59.2 Å². The smallest absolute Gasteiger partial charge is 0.124 e. The first-order valence-corrected chi connectivity index (χ1v) is 6.82. The minimum Gasteiger partial charge on any atom is -0.384 e. The second-order valence-electron chi connectivity index (χ2n) is 4.97. The van der Waals surface area contributed by atoms with Gasteiger partial charge in [0.1, 0.15) is 5.84 Å². The van der Waals surface area contributed by atoms with Gasteiger partial charge in [-0.2, -0.15) is 0 Å². The predicted octanol–water partition coefficient (Wildman–Crippen LogP) is 3.75. The molecule has 0 spiro atoms. The molecule has 0 saturated carbocycles. The van der Waals surface area contributed by atoms with E-state index in [2.05, 4.69) is 43.9 Å². The molecule has 0 saturated heterocycles. The zero-order valence-electron chi connectivity index (χ0n) is 12.3. The van der Waals surface area contributed by atoms with Crippen LogP contribution < -0.4 is 10.6 Å². The average molecular weight is 267 g/mol. The Bertz CT molecular complexity index is 632. The largest absolute Gasteiger partial charge is 0.384 e. The van der Waals surface area contributed by atoms with Gasteiger partial charge in [-0.05, 0) is 50.1 Å². The van der Waals surface area contributed by atoms with E-state index in [4.69, 9.17) is 11.1 Å². The van der Waals surface area contributed by atoms with Crippen LogP contribution in [-0.4, -0.2) is 12.4 Å². The number of hydrogen-bond acceptors (Lipinski definition) is 2. The van der Waals surface area contributed by atoms with Gasteiger partial charge in [0.15, 0.2) is 0 Å². The molecule has 0 heterocycles. The number of hydrogen-bond donors (Lipinski definition) is 2. The topological polar surface area (TPSA) is 53.1 Å². The lowest BCUT2D eigenvalue weighted by Gasteiger charge is -2.27. The lowest BCUT2D eigenvalue weighted by molar-refractivity contribution is 1.01. The van der Waals surface area contributed by atoms with Crippen molar-refractivity contribution in [1.82, 2.24) is 0 Å². The Morgan fingerprint density at radius 1 is 1.10 bits per heavy atom. The summed E-state index contributed by atoms with van der Waals surface area (Å²) in [5, 5.41) is 7.78. The molecule has 0 bridgehead atoms. The molecular weight excluding hydrogens is 246 g/mol. The summed E-state index contributed by atoms with van der Waals surface area (Å²) in [7, 11) is 0. The third-order valence-electron chi connectivity index (χ3n) is 3.46. The van der Waals surface area contributed by atoms with Crippen molar-refractivity contribution < 1.29 is 0 Å². The molecule has 3 nitrogen and oxygen atoms in total. The lowest BCUT2D eigenvalue weighted by atomic mass is 10.1. The van der Waals surface area contributed by atoms with Crippen LogP contribution in [0, 0.1) is 19.3 Å². The van der Waals surface area contributed by atoms with Crippen LogP contribution in [-0.2, 0) is 0 Å². The van der Waals surface area contributed by atoms with Gasteiger partial charge < -0.3 is 10.6 Å². The molecule has 0 atom stereocenters. The maximum Gasteiger partial charge on any atom is 0.124 e. The molecule has 2 aromatic rings. The highest BCUT2D eigenvalue weighted by Crippen LogP contribution is 2.31. The van der Waals surface area contributed by atoms with Crippen molar-refractivity contribution >= 4 is 17.2 Å². The number of nitrogens with two attached hydrogens (primary N) is 1. The zero-order chi connectivity index (χ0) is 14.7. The van der Waals surface area contributed by atoms with E-state index in [1.165, 1.54) is 5.56 Å². The Morgan fingerprint density at radius 2 is 1.80 bits per heavy atom. The van der Waals surface area contributed by atoms with Crippen LogP contribution in [0.1, 0.15) is 23.6 Å². The molecule has 2 aromatic carbocycles. The molecule has 3 N–H and O–H groups in total.